The van der Waals surface area contributed by atoms with Crippen LogP contribution < -0.4 is 10.6 Å². The fourth-order valence-electron chi connectivity index (χ4n) is 4.85. The number of nitrogens with zero attached hydrogens (tertiary/aromatic N) is 1. The number of rotatable bonds is 7. The van der Waals surface area contributed by atoms with Crippen molar-refractivity contribution in [2.24, 2.45) is 0 Å². The minimum Gasteiger partial charge on any atom is -0.351 e. The molecule has 1 aliphatic heterocycles. The van der Waals surface area contributed by atoms with Crippen LogP contribution in [0.3, 0.4) is 0 Å². The standard InChI is InChI=1S/C32H28F3N3O2/c33-32(34,35)26-13-10-23(11-14-26)28-8-4-5-9-29(28)31(40)37-27-15-12-25-20-38(17-16-24(25)18-27)21-30(39)36-19-22-6-2-1-3-7-22/h1-15,18H,16-17,19-21H2,(H,36,39)(H,37,40). The Labute approximate surface area is 230 Å². The molecule has 0 bridgehead atoms. The van der Waals surface area contributed by atoms with Gasteiger partial charge < -0.3 is 10.6 Å². The lowest BCUT2D eigenvalue weighted by atomic mass is 9.97. The van der Waals surface area contributed by atoms with E-state index < -0.39 is 11.7 Å². The number of carbonyl (C=O) groups excluding carboxylic acids is 2. The van der Waals surface area contributed by atoms with E-state index in [-0.39, 0.29) is 11.8 Å². The van der Waals surface area contributed by atoms with Gasteiger partial charge in [-0.1, -0.05) is 66.7 Å². The summed E-state index contributed by atoms with van der Waals surface area (Å²) < 4.78 is 38.9. The average Bonchev–Trinajstić information content (AvgIpc) is 2.96. The second-order valence-corrected chi connectivity index (χ2v) is 9.78. The van der Waals surface area contributed by atoms with E-state index in [1.807, 2.05) is 48.5 Å². The Bertz CT molecular complexity index is 1500. The number of hydrogen-bond acceptors (Lipinski definition) is 3. The highest BCUT2D eigenvalue weighted by Gasteiger charge is 2.30. The molecule has 5 rings (SSSR count). The van der Waals surface area contributed by atoms with Gasteiger partial charge in [0.1, 0.15) is 0 Å². The van der Waals surface area contributed by atoms with Crippen LogP contribution in [0.5, 0.6) is 0 Å². The summed E-state index contributed by atoms with van der Waals surface area (Å²) in [6.45, 7) is 2.17. The van der Waals surface area contributed by atoms with Crippen LogP contribution in [-0.2, 0) is 30.5 Å². The molecular formula is C32H28F3N3O2. The maximum absolute atomic E-state index is 13.2. The summed E-state index contributed by atoms with van der Waals surface area (Å²) in [4.78, 5) is 27.7. The molecule has 8 heteroatoms. The number of anilines is 1. The molecule has 0 aromatic heterocycles. The fraction of sp³-hybridized carbons (Fsp3) is 0.188. The minimum absolute atomic E-state index is 0.0251. The molecule has 4 aromatic carbocycles. The highest BCUT2D eigenvalue weighted by Crippen LogP contribution is 2.32. The quantitative estimate of drug-likeness (QED) is 0.288. The lowest BCUT2D eigenvalue weighted by Gasteiger charge is -2.28. The van der Waals surface area contributed by atoms with Crippen LogP contribution in [0.25, 0.3) is 11.1 Å². The predicted molar refractivity (Wildman–Crippen MR) is 149 cm³/mol. The first kappa shape index (κ1) is 27.1. The summed E-state index contributed by atoms with van der Waals surface area (Å²) in [5, 5.41) is 5.90. The largest absolute Gasteiger partial charge is 0.416 e. The van der Waals surface area contributed by atoms with Crippen molar-refractivity contribution in [2.75, 3.05) is 18.4 Å². The van der Waals surface area contributed by atoms with Crippen molar-refractivity contribution in [3.05, 3.63) is 125 Å². The van der Waals surface area contributed by atoms with Gasteiger partial charge in [0, 0.05) is 30.9 Å². The fourth-order valence-corrected chi connectivity index (χ4v) is 4.85. The summed E-state index contributed by atoms with van der Waals surface area (Å²) >= 11 is 0. The topological polar surface area (TPSA) is 61.4 Å². The third-order valence-corrected chi connectivity index (χ3v) is 6.95. The second kappa shape index (κ2) is 11.8. The molecule has 5 nitrogen and oxygen atoms in total. The highest BCUT2D eigenvalue weighted by molar-refractivity contribution is 6.08. The van der Waals surface area contributed by atoms with Gasteiger partial charge in [-0.15, -0.1) is 0 Å². The van der Waals surface area contributed by atoms with Crippen LogP contribution in [0.2, 0.25) is 0 Å². The van der Waals surface area contributed by atoms with Gasteiger partial charge in [-0.2, -0.15) is 13.2 Å². The number of hydrogen-bond donors (Lipinski definition) is 2. The first-order chi connectivity index (χ1) is 19.3. The number of fused-ring (bicyclic) bond motifs is 1. The number of halogens is 3. The van der Waals surface area contributed by atoms with Crippen molar-refractivity contribution in [2.45, 2.75) is 25.7 Å². The molecule has 0 saturated carbocycles. The van der Waals surface area contributed by atoms with E-state index >= 15 is 0 Å². The number of amides is 2. The maximum Gasteiger partial charge on any atom is 0.416 e. The van der Waals surface area contributed by atoms with Gasteiger partial charge in [0.15, 0.2) is 0 Å². The van der Waals surface area contributed by atoms with Crippen molar-refractivity contribution in [1.82, 2.24) is 10.2 Å². The molecule has 4 aromatic rings. The molecule has 0 fully saturated rings. The van der Waals surface area contributed by atoms with Crippen LogP contribution in [-0.4, -0.2) is 29.8 Å². The Morgan fingerprint density at radius 3 is 2.30 bits per heavy atom. The maximum atomic E-state index is 13.2. The lowest BCUT2D eigenvalue weighted by Crippen LogP contribution is -2.39. The molecule has 40 heavy (non-hydrogen) atoms. The predicted octanol–water partition coefficient (Wildman–Crippen LogP) is 6.30. The number of carbonyl (C=O) groups is 2. The van der Waals surface area contributed by atoms with Crippen LogP contribution in [0, 0.1) is 0 Å². The average molecular weight is 544 g/mol. The van der Waals surface area contributed by atoms with Crippen molar-refractivity contribution in [3.63, 3.8) is 0 Å². The van der Waals surface area contributed by atoms with Crippen LogP contribution in [0.15, 0.2) is 97.1 Å². The zero-order valence-corrected chi connectivity index (χ0v) is 21.7. The van der Waals surface area contributed by atoms with Gasteiger partial charge in [0.25, 0.3) is 5.91 Å². The van der Waals surface area contributed by atoms with Crippen molar-refractivity contribution in [1.29, 1.82) is 0 Å². The molecule has 0 aliphatic carbocycles. The van der Waals surface area contributed by atoms with E-state index in [2.05, 4.69) is 15.5 Å². The van der Waals surface area contributed by atoms with Crippen LogP contribution in [0.1, 0.15) is 32.6 Å². The minimum atomic E-state index is -4.42. The summed E-state index contributed by atoms with van der Waals surface area (Å²) in [6.07, 6.45) is -3.68. The molecule has 0 saturated heterocycles. The molecule has 2 amide bonds. The Hall–Kier alpha value is -4.43. The Morgan fingerprint density at radius 1 is 0.825 bits per heavy atom. The molecule has 1 heterocycles. The van der Waals surface area contributed by atoms with Gasteiger partial charge >= 0.3 is 6.18 Å². The monoisotopic (exact) mass is 543 g/mol. The van der Waals surface area contributed by atoms with E-state index in [0.29, 0.717) is 42.0 Å². The van der Waals surface area contributed by atoms with Crippen molar-refractivity contribution >= 4 is 17.5 Å². The third-order valence-electron chi connectivity index (χ3n) is 6.95. The van der Waals surface area contributed by atoms with Gasteiger partial charge in [0.2, 0.25) is 5.91 Å². The van der Waals surface area contributed by atoms with Gasteiger partial charge in [-0.3, -0.25) is 14.5 Å². The normalized spacial score (nSPS) is 13.4. The zero-order chi connectivity index (χ0) is 28.1. The van der Waals surface area contributed by atoms with Gasteiger partial charge in [-0.05, 0) is 64.6 Å². The molecular weight excluding hydrogens is 515 g/mol. The van der Waals surface area contributed by atoms with E-state index in [9.17, 15) is 22.8 Å². The highest BCUT2D eigenvalue weighted by atomic mass is 19.4. The van der Waals surface area contributed by atoms with Gasteiger partial charge in [0.05, 0.1) is 12.1 Å². The number of alkyl halides is 3. The van der Waals surface area contributed by atoms with Crippen LogP contribution in [0.4, 0.5) is 18.9 Å². The lowest BCUT2D eigenvalue weighted by molar-refractivity contribution is -0.137. The van der Waals surface area contributed by atoms with E-state index in [1.165, 1.54) is 12.1 Å². The Morgan fingerprint density at radius 2 is 1.55 bits per heavy atom. The first-order valence-electron chi connectivity index (χ1n) is 13.0. The molecule has 0 unspecified atom stereocenters. The summed E-state index contributed by atoms with van der Waals surface area (Å²) in [6, 6.07) is 27.1. The summed E-state index contributed by atoms with van der Waals surface area (Å²) in [5.41, 5.74) is 4.60. The second-order valence-electron chi connectivity index (χ2n) is 9.78. The third kappa shape index (κ3) is 6.58. The Kier molecular flexibility index (Phi) is 7.98. The summed E-state index contributed by atoms with van der Waals surface area (Å²) in [7, 11) is 0. The number of benzene rings is 4. The van der Waals surface area contributed by atoms with E-state index in [4.69, 9.17) is 0 Å². The van der Waals surface area contributed by atoms with Crippen molar-refractivity contribution < 1.29 is 22.8 Å². The first-order valence-corrected chi connectivity index (χ1v) is 13.0. The molecule has 0 radical (unpaired) electrons. The molecule has 204 valence electrons. The SMILES string of the molecule is O=C(CN1CCc2cc(NC(=O)c3ccccc3-c3ccc(C(F)(F)F)cc3)ccc2C1)NCc1ccccc1. The van der Waals surface area contributed by atoms with E-state index in [0.717, 1.165) is 41.8 Å². The smallest absolute Gasteiger partial charge is 0.351 e. The van der Waals surface area contributed by atoms with E-state index in [1.54, 1.807) is 24.3 Å². The molecule has 2 N–H and O–H groups in total. The molecule has 1 aliphatic rings. The van der Waals surface area contributed by atoms with Crippen molar-refractivity contribution in [3.8, 4) is 11.1 Å². The van der Waals surface area contributed by atoms with Gasteiger partial charge in [-0.25, -0.2) is 0 Å². The molecule has 0 atom stereocenters. The zero-order valence-electron chi connectivity index (χ0n) is 21.7. The Balaban J connectivity index is 1.21. The summed E-state index contributed by atoms with van der Waals surface area (Å²) in [5.74, 6) is -0.370. The molecule has 0 spiro atoms. The number of nitrogens with one attached hydrogen (secondary N) is 2. The van der Waals surface area contributed by atoms with Crippen LogP contribution >= 0.6 is 0 Å².